The van der Waals surface area contributed by atoms with Crippen molar-refractivity contribution >= 4 is 92.4 Å². The highest BCUT2D eigenvalue weighted by Crippen LogP contribution is 2.45. The van der Waals surface area contributed by atoms with Crippen molar-refractivity contribution in [3.05, 3.63) is 176 Å². The van der Waals surface area contributed by atoms with Crippen molar-refractivity contribution in [2.24, 2.45) is 0 Å². The first-order valence-corrected chi connectivity index (χ1v) is 18.3. The molecule has 0 saturated heterocycles. The van der Waals surface area contributed by atoms with E-state index in [4.69, 9.17) is 8.83 Å². The van der Waals surface area contributed by atoms with Crippen LogP contribution in [0.1, 0.15) is 0 Å². The first-order chi connectivity index (χ1) is 25.8. The van der Waals surface area contributed by atoms with Gasteiger partial charge >= 0.3 is 0 Å². The first-order valence-electron chi connectivity index (χ1n) is 17.5. The van der Waals surface area contributed by atoms with Crippen molar-refractivity contribution in [2.75, 3.05) is 4.90 Å². The maximum Gasteiger partial charge on any atom is 0.159 e. The monoisotopic (exact) mass is 683 g/mol. The summed E-state index contributed by atoms with van der Waals surface area (Å²) in [5.41, 5.74) is 11.2. The van der Waals surface area contributed by atoms with E-state index in [1.165, 1.54) is 31.3 Å². The summed E-state index contributed by atoms with van der Waals surface area (Å²) in [5.74, 6) is 0. The first kappa shape index (κ1) is 29.1. The number of fused-ring (bicyclic) bond motifs is 9. The smallest absolute Gasteiger partial charge is 0.159 e. The van der Waals surface area contributed by atoms with E-state index in [2.05, 4.69) is 157 Å². The van der Waals surface area contributed by atoms with Gasteiger partial charge in [0.05, 0.1) is 5.69 Å². The molecule has 8 aromatic carbocycles. The van der Waals surface area contributed by atoms with Crippen LogP contribution in [0.4, 0.5) is 17.1 Å². The number of anilines is 3. The fourth-order valence-corrected chi connectivity index (χ4v) is 9.00. The molecular formula is C48H29NO2S. The van der Waals surface area contributed by atoms with Gasteiger partial charge < -0.3 is 13.7 Å². The van der Waals surface area contributed by atoms with E-state index >= 15 is 0 Å². The van der Waals surface area contributed by atoms with Gasteiger partial charge in [-0.15, -0.1) is 11.3 Å². The van der Waals surface area contributed by atoms with Crippen molar-refractivity contribution in [3.8, 4) is 22.3 Å². The molecule has 52 heavy (non-hydrogen) atoms. The second-order valence-corrected chi connectivity index (χ2v) is 14.4. The molecule has 0 N–H and O–H groups in total. The summed E-state index contributed by atoms with van der Waals surface area (Å²) in [6, 6.07) is 62.5. The molecule has 0 unspecified atom stereocenters. The number of nitrogens with zero attached hydrogens (tertiary/aromatic N) is 1. The lowest BCUT2D eigenvalue weighted by molar-refractivity contribution is 0.669. The zero-order valence-corrected chi connectivity index (χ0v) is 28.7. The standard InChI is InChI=1S/C48H29NO2S/c1-4-18-42-36(12-1)38-27-24-32(29-44(38)50-42)31-10-7-11-34(28-31)49(41-17-8-16-39-37-13-2-5-19-43(37)51-48(39)41)33-25-22-30(23-26-33)35-15-9-21-46-47(35)40-14-3-6-20-45(40)52-46/h1-29H. The number of thiophene rings is 1. The Balaban J connectivity index is 1.08. The number of rotatable bonds is 5. The van der Waals surface area contributed by atoms with Crippen molar-refractivity contribution in [2.45, 2.75) is 0 Å². The molecule has 3 heterocycles. The van der Waals surface area contributed by atoms with Gasteiger partial charge in [-0.3, -0.25) is 0 Å². The minimum atomic E-state index is 0.858. The zero-order chi connectivity index (χ0) is 34.2. The second kappa shape index (κ2) is 11.5. The average Bonchev–Trinajstić information content (AvgIpc) is 3.90. The van der Waals surface area contributed by atoms with Crippen LogP contribution in [0.15, 0.2) is 185 Å². The summed E-state index contributed by atoms with van der Waals surface area (Å²) >= 11 is 1.85. The topological polar surface area (TPSA) is 29.5 Å². The maximum absolute atomic E-state index is 6.62. The second-order valence-electron chi connectivity index (χ2n) is 13.3. The van der Waals surface area contributed by atoms with E-state index in [0.717, 1.165) is 72.1 Å². The van der Waals surface area contributed by atoms with Gasteiger partial charge in [0.15, 0.2) is 5.58 Å². The highest BCUT2D eigenvalue weighted by Gasteiger charge is 2.20. The molecule has 3 nitrogen and oxygen atoms in total. The van der Waals surface area contributed by atoms with Crippen LogP contribution < -0.4 is 4.90 Å². The Kier molecular flexibility index (Phi) is 6.42. The highest BCUT2D eigenvalue weighted by molar-refractivity contribution is 7.25. The molecule has 3 aromatic heterocycles. The highest BCUT2D eigenvalue weighted by atomic mass is 32.1. The fraction of sp³-hybridized carbons (Fsp3) is 0. The maximum atomic E-state index is 6.62. The van der Waals surface area contributed by atoms with Gasteiger partial charge in [-0.05, 0) is 89.0 Å². The minimum absolute atomic E-state index is 0.858. The lowest BCUT2D eigenvalue weighted by Crippen LogP contribution is -2.10. The lowest BCUT2D eigenvalue weighted by Gasteiger charge is -2.26. The van der Waals surface area contributed by atoms with E-state index in [-0.39, 0.29) is 0 Å². The number of hydrogen-bond acceptors (Lipinski definition) is 4. The average molecular weight is 684 g/mol. The Morgan fingerprint density at radius 1 is 0.385 bits per heavy atom. The Hall–Kier alpha value is -6.62. The van der Waals surface area contributed by atoms with E-state index in [1.54, 1.807) is 0 Å². The summed E-state index contributed by atoms with van der Waals surface area (Å²) in [6.45, 7) is 0. The summed E-state index contributed by atoms with van der Waals surface area (Å²) in [4.78, 5) is 2.32. The molecule has 0 aliphatic heterocycles. The molecule has 0 aliphatic carbocycles. The molecule has 0 radical (unpaired) electrons. The third-order valence-electron chi connectivity index (χ3n) is 10.3. The molecule has 11 rings (SSSR count). The van der Waals surface area contributed by atoms with Crippen LogP contribution >= 0.6 is 11.3 Å². The Labute approximate surface area is 303 Å². The molecule has 11 aromatic rings. The quantitative estimate of drug-likeness (QED) is 0.181. The minimum Gasteiger partial charge on any atom is -0.456 e. The lowest BCUT2D eigenvalue weighted by atomic mass is 9.99. The van der Waals surface area contributed by atoms with Gasteiger partial charge in [0.1, 0.15) is 16.7 Å². The summed E-state index contributed by atoms with van der Waals surface area (Å²) in [5, 5.41) is 7.08. The third-order valence-corrected chi connectivity index (χ3v) is 11.4. The molecule has 0 amide bonds. The van der Waals surface area contributed by atoms with E-state index in [1.807, 2.05) is 35.6 Å². The SMILES string of the molecule is c1cc(-c2ccc3c(c2)oc2ccccc23)cc(N(c2ccc(-c3cccc4sc5ccccc5c34)cc2)c2cccc3c2oc2ccccc23)c1. The van der Waals surface area contributed by atoms with Crippen molar-refractivity contribution in [3.63, 3.8) is 0 Å². The van der Waals surface area contributed by atoms with Gasteiger partial charge in [0.2, 0.25) is 0 Å². The Morgan fingerprint density at radius 2 is 1.02 bits per heavy atom. The van der Waals surface area contributed by atoms with Crippen LogP contribution in [0, 0.1) is 0 Å². The number of furan rings is 2. The molecule has 0 bridgehead atoms. The van der Waals surface area contributed by atoms with Crippen LogP contribution in [-0.2, 0) is 0 Å². The van der Waals surface area contributed by atoms with E-state index < -0.39 is 0 Å². The molecule has 0 aliphatic rings. The van der Waals surface area contributed by atoms with E-state index in [0.29, 0.717) is 0 Å². The number of benzene rings is 8. The normalized spacial score (nSPS) is 11.8. The summed E-state index contributed by atoms with van der Waals surface area (Å²) < 4.78 is 15.5. The molecule has 4 heteroatoms. The summed E-state index contributed by atoms with van der Waals surface area (Å²) in [6.07, 6.45) is 0. The largest absolute Gasteiger partial charge is 0.456 e. The van der Waals surface area contributed by atoms with Gasteiger partial charge in [0, 0.05) is 53.1 Å². The van der Waals surface area contributed by atoms with Crippen LogP contribution in [0.5, 0.6) is 0 Å². The van der Waals surface area contributed by atoms with E-state index in [9.17, 15) is 0 Å². The van der Waals surface area contributed by atoms with Gasteiger partial charge in [-0.25, -0.2) is 0 Å². The van der Waals surface area contributed by atoms with Crippen LogP contribution in [0.2, 0.25) is 0 Å². The number of para-hydroxylation sites is 3. The molecule has 244 valence electrons. The summed E-state index contributed by atoms with van der Waals surface area (Å²) in [7, 11) is 0. The zero-order valence-electron chi connectivity index (χ0n) is 27.9. The molecule has 0 saturated carbocycles. The predicted octanol–water partition coefficient (Wildman–Crippen LogP) is 14.7. The Bertz CT molecular complexity index is 3150. The van der Waals surface area contributed by atoms with Gasteiger partial charge in [-0.2, -0.15) is 0 Å². The van der Waals surface area contributed by atoms with Crippen LogP contribution in [0.3, 0.4) is 0 Å². The van der Waals surface area contributed by atoms with Crippen LogP contribution in [-0.4, -0.2) is 0 Å². The van der Waals surface area contributed by atoms with Crippen LogP contribution in [0.25, 0.3) is 86.3 Å². The molecule has 0 fully saturated rings. The molecule has 0 atom stereocenters. The van der Waals surface area contributed by atoms with Gasteiger partial charge in [0.25, 0.3) is 0 Å². The molecule has 0 spiro atoms. The van der Waals surface area contributed by atoms with Crippen molar-refractivity contribution in [1.29, 1.82) is 0 Å². The fourth-order valence-electron chi connectivity index (χ4n) is 7.87. The number of hydrogen-bond donors (Lipinski definition) is 0. The Morgan fingerprint density at radius 3 is 1.88 bits per heavy atom. The third kappa shape index (κ3) is 4.51. The molecular weight excluding hydrogens is 655 g/mol. The van der Waals surface area contributed by atoms with Crippen molar-refractivity contribution < 1.29 is 8.83 Å². The van der Waals surface area contributed by atoms with Crippen molar-refractivity contribution in [1.82, 2.24) is 0 Å². The predicted molar refractivity (Wildman–Crippen MR) is 219 cm³/mol. The van der Waals surface area contributed by atoms with Gasteiger partial charge in [-0.1, -0.05) is 109 Å².